The van der Waals surface area contributed by atoms with Gasteiger partial charge in [0, 0.05) is 11.3 Å². The summed E-state index contributed by atoms with van der Waals surface area (Å²) >= 11 is 0. The molecule has 0 saturated heterocycles. The molecular weight excluding hydrogens is 200 g/mol. The maximum atomic E-state index is 9.88. The van der Waals surface area contributed by atoms with E-state index in [1.54, 1.807) is 0 Å². The second-order valence-electron chi connectivity index (χ2n) is 4.75. The molecule has 1 saturated carbocycles. The van der Waals surface area contributed by atoms with Crippen LogP contribution in [0.1, 0.15) is 36.5 Å². The van der Waals surface area contributed by atoms with Crippen LogP contribution in [0.4, 0.5) is 0 Å². The van der Waals surface area contributed by atoms with Crippen LogP contribution < -0.4 is 0 Å². The summed E-state index contributed by atoms with van der Waals surface area (Å²) < 4.78 is 5.89. The molecule has 1 aliphatic carbocycles. The third kappa shape index (κ3) is 1.45. The highest BCUT2D eigenvalue weighted by molar-refractivity contribution is 5.81. The molecule has 2 aromatic rings. The summed E-state index contributed by atoms with van der Waals surface area (Å²) in [4.78, 5) is 0. The van der Waals surface area contributed by atoms with E-state index in [0.29, 0.717) is 0 Å². The van der Waals surface area contributed by atoms with Crippen LogP contribution in [-0.2, 0) is 0 Å². The van der Waals surface area contributed by atoms with Gasteiger partial charge in [-0.25, -0.2) is 0 Å². The number of fused-ring (bicyclic) bond motifs is 1. The van der Waals surface area contributed by atoms with Gasteiger partial charge in [-0.05, 0) is 31.4 Å². The van der Waals surface area contributed by atoms with Crippen molar-refractivity contribution in [1.29, 1.82) is 0 Å². The van der Waals surface area contributed by atoms with Crippen molar-refractivity contribution in [3.05, 3.63) is 35.6 Å². The van der Waals surface area contributed by atoms with Gasteiger partial charge in [0.25, 0.3) is 0 Å². The van der Waals surface area contributed by atoms with Crippen LogP contribution in [0.15, 0.2) is 28.7 Å². The van der Waals surface area contributed by atoms with E-state index < -0.39 is 0 Å². The molecule has 3 rings (SSSR count). The van der Waals surface area contributed by atoms with Crippen molar-refractivity contribution in [2.24, 2.45) is 0 Å². The van der Waals surface area contributed by atoms with Crippen molar-refractivity contribution in [2.75, 3.05) is 0 Å². The van der Waals surface area contributed by atoms with E-state index in [-0.39, 0.29) is 12.0 Å². The molecule has 2 atom stereocenters. The molecule has 16 heavy (non-hydrogen) atoms. The summed E-state index contributed by atoms with van der Waals surface area (Å²) in [5, 5.41) is 11.0. The molecule has 1 aromatic carbocycles. The first-order valence-electron chi connectivity index (χ1n) is 5.93. The highest BCUT2D eigenvalue weighted by Gasteiger charge is 2.29. The Morgan fingerprint density at radius 3 is 2.88 bits per heavy atom. The van der Waals surface area contributed by atoms with E-state index in [1.807, 2.05) is 6.07 Å². The number of benzene rings is 1. The van der Waals surface area contributed by atoms with Crippen molar-refractivity contribution in [1.82, 2.24) is 0 Å². The minimum atomic E-state index is -0.221. The van der Waals surface area contributed by atoms with Crippen molar-refractivity contribution in [3.63, 3.8) is 0 Å². The van der Waals surface area contributed by atoms with E-state index in [2.05, 4.69) is 25.1 Å². The maximum Gasteiger partial charge on any atom is 0.137 e. The van der Waals surface area contributed by atoms with E-state index in [1.165, 1.54) is 0 Å². The fourth-order valence-corrected chi connectivity index (χ4v) is 2.68. The zero-order valence-corrected chi connectivity index (χ0v) is 9.44. The van der Waals surface area contributed by atoms with Gasteiger partial charge in [-0.1, -0.05) is 24.6 Å². The Morgan fingerprint density at radius 2 is 2.19 bits per heavy atom. The van der Waals surface area contributed by atoms with Gasteiger partial charge in [0.1, 0.15) is 11.3 Å². The fraction of sp³-hybridized carbons (Fsp3) is 0.429. The second-order valence-corrected chi connectivity index (χ2v) is 4.75. The molecular formula is C14H16O2. The molecule has 0 radical (unpaired) electrons. The lowest BCUT2D eigenvalue weighted by molar-refractivity contribution is 0.155. The summed E-state index contributed by atoms with van der Waals surface area (Å²) in [7, 11) is 0. The molecule has 0 aliphatic heterocycles. The number of aliphatic hydroxyl groups excluding tert-OH is 1. The van der Waals surface area contributed by atoms with Crippen LogP contribution in [0.5, 0.6) is 0 Å². The third-order valence-electron chi connectivity index (χ3n) is 3.60. The fourth-order valence-electron chi connectivity index (χ4n) is 2.68. The Bertz CT molecular complexity index is 512. The van der Waals surface area contributed by atoms with Gasteiger partial charge in [-0.3, -0.25) is 0 Å². The van der Waals surface area contributed by atoms with Gasteiger partial charge in [-0.2, -0.15) is 0 Å². The predicted octanol–water partition coefficient (Wildman–Crippen LogP) is 3.37. The van der Waals surface area contributed by atoms with E-state index in [0.717, 1.165) is 41.6 Å². The molecule has 0 bridgehead atoms. The topological polar surface area (TPSA) is 33.4 Å². The summed E-state index contributed by atoms with van der Waals surface area (Å²) in [6.07, 6.45) is 2.82. The van der Waals surface area contributed by atoms with Crippen LogP contribution in [0.2, 0.25) is 0 Å². The minimum Gasteiger partial charge on any atom is -0.460 e. The first-order valence-corrected chi connectivity index (χ1v) is 5.93. The van der Waals surface area contributed by atoms with Crippen LogP contribution in [0.3, 0.4) is 0 Å². The number of hydrogen-bond donors (Lipinski definition) is 1. The standard InChI is InChI=1S/C14H16O2/c1-9-4-2-5-10-8-13(16-14(9)10)11-6-3-7-12(11)15/h2,4-5,8,11-12,15H,3,6-7H2,1H3. The molecule has 1 heterocycles. The van der Waals surface area contributed by atoms with Gasteiger partial charge in [0.15, 0.2) is 0 Å². The zero-order chi connectivity index (χ0) is 11.1. The lowest BCUT2D eigenvalue weighted by atomic mass is 10.0. The molecule has 1 N–H and O–H groups in total. The Balaban J connectivity index is 2.08. The lowest BCUT2D eigenvalue weighted by Gasteiger charge is -2.10. The molecule has 2 nitrogen and oxygen atoms in total. The Labute approximate surface area is 94.9 Å². The van der Waals surface area contributed by atoms with Crippen molar-refractivity contribution >= 4 is 11.0 Å². The monoisotopic (exact) mass is 216 g/mol. The molecule has 84 valence electrons. The molecule has 1 aliphatic rings. The van der Waals surface area contributed by atoms with Crippen LogP contribution in [-0.4, -0.2) is 11.2 Å². The summed E-state index contributed by atoms with van der Waals surface area (Å²) in [6, 6.07) is 8.25. The Morgan fingerprint density at radius 1 is 1.31 bits per heavy atom. The normalized spacial score (nSPS) is 25.4. The Hall–Kier alpha value is -1.28. The van der Waals surface area contributed by atoms with Crippen LogP contribution >= 0.6 is 0 Å². The number of furan rings is 1. The number of aryl methyl sites for hydroxylation is 1. The zero-order valence-electron chi connectivity index (χ0n) is 9.44. The molecule has 1 fully saturated rings. The number of rotatable bonds is 1. The second kappa shape index (κ2) is 3.63. The number of para-hydroxylation sites is 1. The number of hydrogen-bond acceptors (Lipinski definition) is 2. The highest BCUT2D eigenvalue weighted by Crippen LogP contribution is 2.37. The van der Waals surface area contributed by atoms with Crippen LogP contribution in [0.25, 0.3) is 11.0 Å². The minimum absolute atomic E-state index is 0.201. The lowest BCUT2D eigenvalue weighted by Crippen LogP contribution is -2.09. The first kappa shape index (κ1) is 9.91. The Kier molecular flexibility index (Phi) is 2.25. The predicted molar refractivity (Wildman–Crippen MR) is 63.5 cm³/mol. The third-order valence-corrected chi connectivity index (χ3v) is 3.60. The van der Waals surface area contributed by atoms with Crippen molar-refractivity contribution in [2.45, 2.75) is 38.2 Å². The largest absolute Gasteiger partial charge is 0.460 e. The summed E-state index contributed by atoms with van der Waals surface area (Å²) in [5.41, 5.74) is 2.13. The van der Waals surface area contributed by atoms with Gasteiger partial charge >= 0.3 is 0 Å². The molecule has 0 amide bonds. The van der Waals surface area contributed by atoms with Crippen molar-refractivity contribution in [3.8, 4) is 0 Å². The first-order chi connectivity index (χ1) is 7.75. The molecule has 1 aromatic heterocycles. The van der Waals surface area contributed by atoms with E-state index in [4.69, 9.17) is 4.42 Å². The highest BCUT2D eigenvalue weighted by atomic mass is 16.3. The smallest absolute Gasteiger partial charge is 0.137 e. The quantitative estimate of drug-likeness (QED) is 0.792. The number of aliphatic hydroxyl groups is 1. The SMILES string of the molecule is Cc1cccc2cc(C3CCCC3O)oc12. The molecule has 0 spiro atoms. The van der Waals surface area contributed by atoms with Gasteiger partial charge in [0.2, 0.25) is 0 Å². The molecule has 2 unspecified atom stereocenters. The molecule has 2 heteroatoms. The van der Waals surface area contributed by atoms with Crippen LogP contribution in [0, 0.1) is 6.92 Å². The summed E-state index contributed by atoms with van der Waals surface area (Å²) in [5.74, 6) is 1.15. The van der Waals surface area contributed by atoms with Gasteiger partial charge < -0.3 is 9.52 Å². The average Bonchev–Trinajstić information content (AvgIpc) is 2.84. The van der Waals surface area contributed by atoms with E-state index >= 15 is 0 Å². The van der Waals surface area contributed by atoms with Gasteiger partial charge in [0.05, 0.1) is 6.10 Å². The summed E-state index contributed by atoms with van der Waals surface area (Å²) in [6.45, 7) is 2.06. The average molecular weight is 216 g/mol. The van der Waals surface area contributed by atoms with Crippen molar-refractivity contribution < 1.29 is 9.52 Å². The maximum absolute atomic E-state index is 9.88. The van der Waals surface area contributed by atoms with E-state index in [9.17, 15) is 5.11 Å². The van der Waals surface area contributed by atoms with Gasteiger partial charge in [-0.15, -0.1) is 0 Å².